The van der Waals surface area contributed by atoms with Crippen molar-refractivity contribution in [2.24, 2.45) is 0 Å². The molecule has 1 saturated heterocycles. The van der Waals surface area contributed by atoms with E-state index in [0.29, 0.717) is 29.2 Å². The average Bonchev–Trinajstić information content (AvgIpc) is 3.43. The fraction of sp³-hybridized carbons (Fsp3) is 0.200. The second-order valence-electron chi connectivity index (χ2n) is 7.40. The normalized spacial score (nSPS) is 17.4. The number of aromatic hydroxyl groups is 1. The number of ether oxygens (including phenoxy) is 2. The van der Waals surface area contributed by atoms with Gasteiger partial charge in [0.2, 0.25) is 0 Å². The molecule has 170 valence electrons. The van der Waals surface area contributed by atoms with Crippen LogP contribution in [0.1, 0.15) is 29.9 Å². The Morgan fingerprint density at radius 2 is 1.94 bits per heavy atom. The summed E-state index contributed by atoms with van der Waals surface area (Å²) >= 11 is 0. The Kier molecular flexibility index (Phi) is 6.08. The van der Waals surface area contributed by atoms with Crippen LogP contribution in [0, 0.1) is 0 Å². The molecule has 8 heteroatoms. The zero-order chi connectivity index (χ0) is 23.5. The number of phenolic OH excluding ortho intramolecular Hbond substituents is 1. The minimum absolute atomic E-state index is 0.0158. The van der Waals surface area contributed by atoms with Crippen molar-refractivity contribution in [1.82, 2.24) is 4.90 Å². The highest BCUT2D eigenvalue weighted by atomic mass is 16.5. The summed E-state index contributed by atoms with van der Waals surface area (Å²) in [5.41, 5.74) is 0.749. The molecule has 1 fully saturated rings. The number of ketones is 1. The molecule has 1 aromatic heterocycles. The first-order valence-corrected chi connectivity index (χ1v) is 10.4. The molecule has 1 amide bonds. The number of furan rings is 1. The Morgan fingerprint density at radius 1 is 1.12 bits per heavy atom. The summed E-state index contributed by atoms with van der Waals surface area (Å²) in [6.45, 7) is 2.10. The van der Waals surface area contributed by atoms with Crippen molar-refractivity contribution in [2.75, 3.05) is 13.7 Å². The second-order valence-corrected chi connectivity index (χ2v) is 7.40. The topological polar surface area (TPSA) is 109 Å². The maximum atomic E-state index is 13.1. The molecule has 0 bridgehead atoms. The number of likely N-dealkylation sites (tertiary alicyclic amines) is 1. The molecule has 1 atom stereocenters. The molecule has 2 heterocycles. The van der Waals surface area contributed by atoms with Crippen molar-refractivity contribution in [3.63, 3.8) is 0 Å². The van der Waals surface area contributed by atoms with Gasteiger partial charge in [0.25, 0.3) is 11.7 Å². The van der Waals surface area contributed by atoms with Crippen molar-refractivity contribution in [3.8, 4) is 17.2 Å². The number of aliphatic hydroxyl groups is 1. The minimum atomic E-state index is -0.930. The molecule has 0 aliphatic carbocycles. The molecule has 2 N–H and O–H groups in total. The Balaban J connectivity index is 1.89. The number of Topliss-reactive ketones (excluding diaryl/α,β-unsaturated/α-hetero) is 1. The fourth-order valence-corrected chi connectivity index (χ4v) is 3.86. The average molecular weight is 449 g/mol. The summed E-state index contributed by atoms with van der Waals surface area (Å²) in [5, 5.41) is 21.3. The van der Waals surface area contributed by atoms with Crippen molar-refractivity contribution in [1.29, 1.82) is 0 Å². The van der Waals surface area contributed by atoms with E-state index >= 15 is 0 Å². The van der Waals surface area contributed by atoms with Gasteiger partial charge in [0.05, 0.1) is 38.1 Å². The van der Waals surface area contributed by atoms with Crippen LogP contribution in [0.5, 0.6) is 17.2 Å². The number of benzene rings is 2. The van der Waals surface area contributed by atoms with Crippen LogP contribution in [-0.4, -0.2) is 40.5 Å². The van der Waals surface area contributed by atoms with Crippen LogP contribution >= 0.6 is 0 Å². The minimum Gasteiger partial charge on any atom is -0.507 e. The standard InChI is InChI=1S/C25H23NO7/c1-3-32-20-13-15(9-10-19(20)27)22-21(23(28)16-6-4-7-17(12-16)31-2)24(29)25(30)26(22)14-18-8-5-11-33-18/h4-13,22,27-28H,3,14H2,1-2H3/b23-21+. The maximum absolute atomic E-state index is 13.1. The Bertz CT molecular complexity index is 1210. The third-order valence-corrected chi connectivity index (χ3v) is 5.39. The molecule has 0 saturated carbocycles. The van der Waals surface area contributed by atoms with Crippen LogP contribution in [0.3, 0.4) is 0 Å². The van der Waals surface area contributed by atoms with Crippen molar-refractivity contribution in [2.45, 2.75) is 19.5 Å². The van der Waals surface area contributed by atoms with E-state index in [2.05, 4.69) is 0 Å². The molecular formula is C25H23NO7. The number of methoxy groups -OCH3 is 1. The summed E-state index contributed by atoms with van der Waals surface area (Å²) in [4.78, 5) is 27.5. The van der Waals surface area contributed by atoms with E-state index in [0.717, 1.165) is 0 Å². The zero-order valence-corrected chi connectivity index (χ0v) is 18.1. The molecule has 1 unspecified atom stereocenters. The number of rotatable bonds is 7. The number of phenols is 1. The van der Waals surface area contributed by atoms with Crippen LogP contribution in [0.2, 0.25) is 0 Å². The Hall–Kier alpha value is -4.20. The van der Waals surface area contributed by atoms with Gasteiger partial charge in [-0.2, -0.15) is 0 Å². The summed E-state index contributed by atoms with van der Waals surface area (Å²) < 4.78 is 16.1. The predicted octanol–water partition coefficient (Wildman–Crippen LogP) is 4.01. The Morgan fingerprint density at radius 3 is 2.64 bits per heavy atom. The van der Waals surface area contributed by atoms with Gasteiger partial charge in [-0.15, -0.1) is 0 Å². The molecule has 1 aliphatic heterocycles. The highest BCUT2D eigenvalue weighted by Crippen LogP contribution is 2.42. The molecule has 8 nitrogen and oxygen atoms in total. The van der Waals surface area contributed by atoms with Gasteiger partial charge in [-0.25, -0.2) is 0 Å². The number of carbonyl (C=O) groups is 2. The molecule has 3 aromatic rings. The van der Waals surface area contributed by atoms with Crippen LogP contribution in [0.15, 0.2) is 70.9 Å². The molecular weight excluding hydrogens is 426 g/mol. The monoisotopic (exact) mass is 449 g/mol. The zero-order valence-electron chi connectivity index (χ0n) is 18.1. The third kappa shape index (κ3) is 4.15. The summed E-state index contributed by atoms with van der Waals surface area (Å²) in [5.74, 6) is -0.817. The van der Waals surface area contributed by atoms with Gasteiger partial charge in [-0.1, -0.05) is 18.2 Å². The smallest absolute Gasteiger partial charge is 0.296 e. The number of amides is 1. The lowest BCUT2D eigenvalue weighted by Crippen LogP contribution is -2.29. The van der Waals surface area contributed by atoms with Crippen molar-refractivity contribution in [3.05, 3.63) is 83.3 Å². The largest absolute Gasteiger partial charge is 0.507 e. The van der Waals surface area contributed by atoms with E-state index in [9.17, 15) is 19.8 Å². The second kappa shape index (κ2) is 9.12. The molecule has 2 aromatic carbocycles. The van der Waals surface area contributed by atoms with E-state index in [1.165, 1.54) is 24.3 Å². The Labute approximate surface area is 190 Å². The predicted molar refractivity (Wildman–Crippen MR) is 119 cm³/mol. The number of carbonyl (C=O) groups excluding carboxylic acids is 2. The van der Waals surface area contributed by atoms with E-state index in [-0.39, 0.29) is 29.4 Å². The highest BCUT2D eigenvalue weighted by Gasteiger charge is 2.46. The van der Waals surface area contributed by atoms with Crippen LogP contribution in [0.25, 0.3) is 5.76 Å². The van der Waals surface area contributed by atoms with E-state index in [4.69, 9.17) is 13.9 Å². The lowest BCUT2D eigenvalue weighted by Gasteiger charge is -2.25. The lowest BCUT2D eigenvalue weighted by molar-refractivity contribution is -0.140. The first kappa shape index (κ1) is 22.0. The van der Waals surface area contributed by atoms with Gasteiger partial charge in [-0.3, -0.25) is 9.59 Å². The number of hydrogen-bond donors (Lipinski definition) is 2. The van der Waals surface area contributed by atoms with Gasteiger partial charge in [0.15, 0.2) is 11.5 Å². The summed E-state index contributed by atoms with van der Waals surface area (Å²) in [6.07, 6.45) is 1.48. The fourth-order valence-electron chi connectivity index (χ4n) is 3.86. The summed E-state index contributed by atoms with van der Waals surface area (Å²) in [6, 6.07) is 13.6. The molecule has 0 radical (unpaired) electrons. The number of aliphatic hydroxyl groups excluding tert-OH is 1. The van der Waals surface area contributed by atoms with Crippen LogP contribution in [-0.2, 0) is 16.1 Å². The molecule has 33 heavy (non-hydrogen) atoms. The number of hydrogen-bond acceptors (Lipinski definition) is 7. The lowest BCUT2D eigenvalue weighted by atomic mass is 9.95. The van der Waals surface area contributed by atoms with Crippen LogP contribution in [0.4, 0.5) is 0 Å². The quantitative estimate of drug-likeness (QED) is 0.319. The van der Waals surface area contributed by atoms with E-state index in [1.807, 2.05) is 0 Å². The van der Waals surface area contributed by atoms with Gasteiger partial charge >= 0.3 is 0 Å². The van der Waals surface area contributed by atoms with Gasteiger partial charge in [0, 0.05) is 5.56 Å². The first-order valence-electron chi connectivity index (χ1n) is 10.4. The SMILES string of the molecule is CCOc1cc(C2/C(=C(\O)c3cccc(OC)c3)C(=O)C(=O)N2Cc2ccco2)ccc1O. The third-order valence-electron chi connectivity index (χ3n) is 5.39. The molecule has 1 aliphatic rings. The number of nitrogens with zero attached hydrogens (tertiary/aromatic N) is 1. The highest BCUT2D eigenvalue weighted by molar-refractivity contribution is 6.46. The van der Waals surface area contributed by atoms with Crippen LogP contribution < -0.4 is 9.47 Å². The van der Waals surface area contributed by atoms with E-state index < -0.39 is 17.7 Å². The van der Waals surface area contributed by atoms with E-state index in [1.54, 1.807) is 55.5 Å². The van der Waals surface area contributed by atoms with Crippen molar-refractivity contribution < 1.29 is 33.7 Å². The molecule has 0 spiro atoms. The van der Waals surface area contributed by atoms with Gasteiger partial charge < -0.3 is 29.0 Å². The maximum Gasteiger partial charge on any atom is 0.296 e. The first-order chi connectivity index (χ1) is 15.9. The summed E-state index contributed by atoms with van der Waals surface area (Å²) in [7, 11) is 1.49. The van der Waals surface area contributed by atoms with Gasteiger partial charge in [0.1, 0.15) is 17.3 Å². The molecule has 4 rings (SSSR count). The van der Waals surface area contributed by atoms with Gasteiger partial charge in [-0.05, 0) is 48.9 Å². The van der Waals surface area contributed by atoms with Crippen molar-refractivity contribution >= 4 is 17.4 Å².